The Labute approximate surface area is 154 Å². The highest BCUT2D eigenvalue weighted by atomic mass is 32.2. The highest BCUT2D eigenvalue weighted by molar-refractivity contribution is 7.92. The van der Waals surface area contributed by atoms with Gasteiger partial charge in [-0.2, -0.15) is 0 Å². The van der Waals surface area contributed by atoms with E-state index in [1.54, 1.807) is 25.3 Å². The van der Waals surface area contributed by atoms with Crippen molar-refractivity contribution in [3.8, 4) is 0 Å². The van der Waals surface area contributed by atoms with E-state index in [2.05, 4.69) is 10.3 Å². The summed E-state index contributed by atoms with van der Waals surface area (Å²) in [6.07, 6.45) is 2.80. The molecule has 7 heteroatoms. The number of fused-ring (bicyclic) bond motifs is 1. The molecule has 1 aliphatic heterocycles. The van der Waals surface area contributed by atoms with E-state index in [1.807, 2.05) is 32.0 Å². The fourth-order valence-electron chi connectivity index (χ4n) is 3.24. The van der Waals surface area contributed by atoms with Crippen LogP contribution >= 0.6 is 0 Å². The Morgan fingerprint density at radius 1 is 1.31 bits per heavy atom. The lowest BCUT2D eigenvalue weighted by atomic mass is 10.1. The Hall–Kier alpha value is -2.41. The number of nitrogens with zero attached hydrogens (tertiary/aromatic N) is 2. The number of nitrogens with one attached hydrogen (secondary N) is 1. The number of hydrogen-bond acceptors (Lipinski definition) is 4. The third-order valence-electron chi connectivity index (χ3n) is 4.59. The van der Waals surface area contributed by atoms with Crippen LogP contribution in [0.5, 0.6) is 0 Å². The second-order valence-electron chi connectivity index (χ2n) is 6.39. The zero-order chi connectivity index (χ0) is 18.9. The molecule has 0 saturated carbocycles. The topological polar surface area (TPSA) is 79.4 Å². The van der Waals surface area contributed by atoms with Gasteiger partial charge < -0.3 is 5.32 Å². The third-order valence-corrected chi connectivity index (χ3v) is 6.37. The minimum Gasteiger partial charge on any atom is -0.323 e. The fraction of sp³-hybridized carbons (Fsp3) is 0.368. The standard InChI is InChI=1S/C19H23N3O3S/c1-4-15-16(10-13(3)12-20-15)21-19(23)18-11-14-8-6-7-9-17(14)22(18)26(24,25)5-2/h6-10,12,18H,4-5,11H2,1-3H3,(H,21,23). The maximum atomic E-state index is 13.0. The minimum atomic E-state index is -3.56. The number of benzene rings is 1. The zero-order valence-corrected chi connectivity index (χ0v) is 16.0. The lowest BCUT2D eigenvalue weighted by Crippen LogP contribution is -2.46. The number of aromatic nitrogens is 1. The first kappa shape index (κ1) is 18.4. The van der Waals surface area contributed by atoms with E-state index >= 15 is 0 Å². The van der Waals surface area contributed by atoms with Crippen molar-refractivity contribution >= 4 is 27.3 Å². The molecule has 1 atom stereocenters. The summed E-state index contributed by atoms with van der Waals surface area (Å²) in [6, 6.07) is 8.34. The molecule has 0 fully saturated rings. The maximum absolute atomic E-state index is 13.0. The Morgan fingerprint density at radius 3 is 2.73 bits per heavy atom. The second-order valence-corrected chi connectivity index (χ2v) is 8.53. The van der Waals surface area contributed by atoms with E-state index in [-0.39, 0.29) is 11.7 Å². The molecule has 0 radical (unpaired) electrons. The van der Waals surface area contributed by atoms with Gasteiger partial charge in [-0.15, -0.1) is 0 Å². The van der Waals surface area contributed by atoms with Crippen LogP contribution in [0, 0.1) is 6.92 Å². The number of aryl methyl sites for hydroxylation is 2. The van der Waals surface area contributed by atoms with Crippen molar-refractivity contribution in [2.75, 3.05) is 15.4 Å². The van der Waals surface area contributed by atoms with Gasteiger partial charge in [-0.25, -0.2) is 8.42 Å². The Balaban J connectivity index is 1.96. The summed E-state index contributed by atoms with van der Waals surface area (Å²) in [5.74, 6) is -0.391. The summed E-state index contributed by atoms with van der Waals surface area (Å²) in [6.45, 7) is 5.46. The summed E-state index contributed by atoms with van der Waals surface area (Å²) < 4.78 is 26.6. The molecule has 6 nitrogen and oxygen atoms in total. The Kier molecular flexibility index (Phi) is 5.00. The molecule has 0 saturated heterocycles. The molecule has 1 unspecified atom stereocenters. The molecule has 2 heterocycles. The van der Waals surface area contributed by atoms with Crippen LogP contribution in [0.4, 0.5) is 11.4 Å². The van der Waals surface area contributed by atoms with Crippen molar-refractivity contribution in [2.24, 2.45) is 0 Å². The van der Waals surface area contributed by atoms with Crippen LogP contribution in [-0.4, -0.2) is 31.1 Å². The number of anilines is 2. The van der Waals surface area contributed by atoms with E-state index in [9.17, 15) is 13.2 Å². The smallest absolute Gasteiger partial charge is 0.248 e. The van der Waals surface area contributed by atoms with Gasteiger partial charge in [0.1, 0.15) is 6.04 Å². The van der Waals surface area contributed by atoms with Gasteiger partial charge in [-0.3, -0.25) is 14.1 Å². The van der Waals surface area contributed by atoms with Crippen molar-refractivity contribution in [3.05, 3.63) is 53.3 Å². The van der Waals surface area contributed by atoms with Gasteiger partial charge >= 0.3 is 0 Å². The molecule has 26 heavy (non-hydrogen) atoms. The molecule has 3 rings (SSSR count). The third kappa shape index (κ3) is 3.31. The van der Waals surface area contributed by atoms with Gasteiger partial charge in [-0.05, 0) is 43.5 Å². The summed E-state index contributed by atoms with van der Waals surface area (Å²) >= 11 is 0. The Morgan fingerprint density at radius 2 is 2.04 bits per heavy atom. The summed E-state index contributed by atoms with van der Waals surface area (Å²) in [5, 5.41) is 2.90. The summed E-state index contributed by atoms with van der Waals surface area (Å²) in [5.41, 5.74) is 3.81. The monoisotopic (exact) mass is 373 g/mol. The molecule has 1 aromatic heterocycles. The predicted molar refractivity (Wildman–Crippen MR) is 103 cm³/mol. The lowest BCUT2D eigenvalue weighted by Gasteiger charge is -2.26. The van der Waals surface area contributed by atoms with Crippen molar-refractivity contribution in [3.63, 3.8) is 0 Å². The van der Waals surface area contributed by atoms with Crippen LogP contribution in [0.15, 0.2) is 36.5 Å². The highest BCUT2D eigenvalue weighted by Crippen LogP contribution is 2.35. The first-order chi connectivity index (χ1) is 12.4. The largest absolute Gasteiger partial charge is 0.323 e. The van der Waals surface area contributed by atoms with Crippen LogP contribution in [0.2, 0.25) is 0 Å². The normalized spacial score (nSPS) is 16.4. The average molecular weight is 373 g/mol. The van der Waals surface area contributed by atoms with Crippen molar-refractivity contribution < 1.29 is 13.2 Å². The van der Waals surface area contributed by atoms with Crippen molar-refractivity contribution in [1.82, 2.24) is 4.98 Å². The summed E-state index contributed by atoms with van der Waals surface area (Å²) in [4.78, 5) is 17.3. The quantitative estimate of drug-likeness (QED) is 0.874. The molecule has 0 aliphatic carbocycles. The number of hydrogen-bond donors (Lipinski definition) is 1. The molecule has 138 valence electrons. The van der Waals surface area contributed by atoms with Crippen molar-refractivity contribution in [2.45, 2.75) is 39.7 Å². The van der Waals surface area contributed by atoms with Crippen LogP contribution < -0.4 is 9.62 Å². The lowest BCUT2D eigenvalue weighted by molar-refractivity contribution is -0.117. The molecule has 2 aromatic rings. The van der Waals surface area contributed by atoms with E-state index in [0.717, 1.165) is 16.8 Å². The number of sulfonamides is 1. The molecular formula is C19H23N3O3S. The molecule has 1 N–H and O–H groups in total. The number of carbonyl (C=O) groups excluding carboxylic acids is 1. The SMILES string of the molecule is CCc1ncc(C)cc1NC(=O)C1Cc2ccccc2N1S(=O)(=O)CC. The number of para-hydroxylation sites is 1. The van der Waals surface area contributed by atoms with Gasteiger partial charge in [0.05, 0.1) is 22.8 Å². The first-order valence-electron chi connectivity index (χ1n) is 8.73. The molecule has 1 amide bonds. The number of amides is 1. The van der Waals surface area contributed by atoms with Crippen LogP contribution in [0.25, 0.3) is 0 Å². The molecule has 0 bridgehead atoms. The maximum Gasteiger partial charge on any atom is 0.248 e. The Bertz CT molecular complexity index is 941. The highest BCUT2D eigenvalue weighted by Gasteiger charge is 2.40. The van der Waals surface area contributed by atoms with E-state index in [0.29, 0.717) is 24.2 Å². The van der Waals surface area contributed by atoms with E-state index in [1.165, 1.54) is 4.31 Å². The van der Waals surface area contributed by atoms with Gasteiger partial charge in [-0.1, -0.05) is 25.1 Å². The van der Waals surface area contributed by atoms with Crippen LogP contribution in [0.1, 0.15) is 30.7 Å². The van der Waals surface area contributed by atoms with Gasteiger partial charge in [0.15, 0.2) is 0 Å². The van der Waals surface area contributed by atoms with Gasteiger partial charge in [0.25, 0.3) is 0 Å². The number of pyridine rings is 1. The fourth-order valence-corrected chi connectivity index (χ4v) is 4.56. The number of carbonyl (C=O) groups is 1. The van der Waals surface area contributed by atoms with Gasteiger partial charge in [0, 0.05) is 12.6 Å². The van der Waals surface area contributed by atoms with Crippen LogP contribution in [-0.2, 0) is 27.7 Å². The predicted octanol–water partition coefficient (Wildman–Crippen LogP) is 2.67. The van der Waals surface area contributed by atoms with Crippen LogP contribution in [0.3, 0.4) is 0 Å². The molecule has 0 spiro atoms. The average Bonchev–Trinajstić information content (AvgIpc) is 3.02. The van der Waals surface area contributed by atoms with E-state index < -0.39 is 16.1 Å². The second kappa shape index (κ2) is 7.07. The molecular weight excluding hydrogens is 350 g/mol. The number of rotatable bonds is 5. The zero-order valence-electron chi connectivity index (χ0n) is 15.2. The minimum absolute atomic E-state index is 0.0582. The molecule has 1 aromatic carbocycles. The van der Waals surface area contributed by atoms with E-state index in [4.69, 9.17) is 0 Å². The first-order valence-corrected chi connectivity index (χ1v) is 10.3. The summed E-state index contributed by atoms with van der Waals surface area (Å²) in [7, 11) is -3.56. The van der Waals surface area contributed by atoms with Crippen molar-refractivity contribution in [1.29, 1.82) is 0 Å². The molecule has 1 aliphatic rings. The van der Waals surface area contributed by atoms with Gasteiger partial charge in [0.2, 0.25) is 15.9 Å².